The maximum Gasteiger partial charge on any atom is 0.436 e. The van der Waals surface area contributed by atoms with Crippen LogP contribution in [0.4, 0.5) is 17.6 Å². The fraction of sp³-hybridized carbons (Fsp3) is 0.0571. The molecule has 1 aliphatic heterocycles. The van der Waals surface area contributed by atoms with Crippen LogP contribution < -0.4 is 13.7 Å². The second-order valence-electron chi connectivity index (χ2n) is 10.5. The Kier molecular flexibility index (Phi) is 6.82. The molecule has 0 bridgehead atoms. The van der Waals surface area contributed by atoms with Gasteiger partial charge in [0, 0.05) is 59.7 Å². The molecular weight excluding hydrogens is 603 g/mol. The lowest BCUT2D eigenvalue weighted by atomic mass is 10.0. The highest BCUT2D eigenvalue weighted by molar-refractivity contribution is 7.81. The number of thiol groups is 2. The lowest BCUT2D eigenvalue weighted by Gasteiger charge is -2.20. The van der Waals surface area contributed by atoms with E-state index in [0.29, 0.717) is 27.9 Å². The predicted molar refractivity (Wildman–Crippen MR) is 164 cm³/mol. The zero-order chi connectivity index (χ0) is 30.6. The zero-order valence-electron chi connectivity index (χ0n) is 22.9. The third-order valence-corrected chi connectivity index (χ3v) is 9.44. The maximum absolute atomic E-state index is 14.4. The molecule has 4 heterocycles. The molecule has 0 saturated carbocycles. The Morgan fingerprint density at radius 1 is 0.500 bits per heavy atom. The van der Waals surface area contributed by atoms with Gasteiger partial charge in [-0.15, -0.1) is 9.13 Å². The van der Waals surface area contributed by atoms with E-state index in [9.17, 15) is 17.6 Å². The number of hydrogen-bond donors (Lipinski definition) is 2. The van der Waals surface area contributed by atoms with E-state index in [1.165, 1.54) is 12.1 Å². The summed E-state index contributed by atoms with van der Waals surface area (Å²) in [5.41, 5.74) is 4.06. The summed E-state index contributed by atoms with van der Waals surface area (Å²) in [5, 5.41) is 0. The molecule has 8 rings (SSSR count). The Morgan fingerprint density at radius 3 is 1.73 bits per heavy atom. The van der Waals surface area contributed by atoms with Crippen molar-refractivity contribution in [2.45, 2.75) is 9.87 Å². The lowest BCUT2D eigenvalue weighted by Crippen LogP contribution is -2.69. The van der Waals surface area contributed by atoms with Crippen LogP contribution >= 0.6 is 25.3 Å². The Bertz CT molecular complexity index is 1910. The van der Waals surface area contributed by atoms with Crippen molar-refractivity contribution in [2.24, 2.45) is 0 Å². The summed E-state index contributed by atoms with van der Waals surface area (Å²) in [5.74, 6) is -2.35. The fourth-order valence-electron chi connectivity index (χ4n) is 6.18. The predicted octanol–water partition coefficient (Wildman–Crippen LogP) is 6.57. The normalized spacial score (nSPS) is 18.9. The van der Waals surface area contributed by atoms with E-state index in [1.807, 2.05) is 117 Å². The van der Waals surface area contributed by atoms with Gasteiger partial charge in [0.1, 0.15) is 34.4 Å². The molecule has 0 radical (unpaired) electrons. The number of hydrogen-bond acceptors (Lipinski definition) is 2. The van der Waals surface area contributed by atoms with Crippen LogP contribution in [0.1, 0.15) is 16.7 Å². The third-order valence-electron chi connectivity index (χ3n) is 8.04. The fourth-order valence-corrected chi connectivity index (χ4v) is 7.17. The van der Waals surface area contributed by atoms with Gasteiger partial charge >= 0.3 is 4.99 Å². The van der Waals surface area contributed by atoms with E-state index in [0.717, 1.165) is 23.3 Å². The van der Waals surface area contributed by atoms with Gasteiger partial charge < -0.3 is 0 Å². The average molecular weight is 627 g/mol. The first-order valence-electron chi connectivity index (χ1n) is 13.7. The minimum absolute atomic E-state index is 0.383. The van der Waals surface area contributed by atoms with Gasteiger partial charge in [0.15, 0.2) is 31.0 Å². The number of aromatic nitrogens is 3. The van der Waals surface area contributed by atoms with Crippen molar-refractivity contribution in [1.82, 2.24) is 0 Å². The first kappa shape index (κ1) is 28.3. The highest BCUT2D eigenvalue weighted by Crippen LogP contribution is 2.50. The number of benzene rings is 3. The van der Waals surface area contributed by atoms with Crippen LogP contribution in [0, 0.1) is 23.3 Å². The molecule has 44 heavy (non-hydrogen) atoms. The summed E-state index contributed by atoms with van der Waals surface area (Å²) in [6.45, 7) is 0. The molecule has 3 nitrogen and oxygen atoms in total. The summed E-state index contributed by atoms with van der Waals surface area (Å²) in [4.78, 5) is -1.95. The summed E-state index contributed by atoms with van der Waals surface area (Å²) in [6, 6.07) is 28.7. The molecule has 3 aromatic carbocycles. The molecular formula is C35H24F4N3S2+3. The first-order chi connectivity index (χ1) is 21.2. The van der Waals surface area contributed by atoms with E-state index in [1.54, 1.807) is 6.07 Å². The molecule has 9 heteroatoms. The van der Waals surface area contributed by atoms with Crippen LogP contribution in [-0.2, 0) is 9.87 Å². The minimum atomic E-state index is -1.02. The number of nitrogens with zero attached hydrogens (tertiary/aromatic N) is 3. The van der Waals surface area contributed by atoms with Gasteiger partial charge in [-0.25, -0.2) is 17.6 Å². The zero-order valence-corrected chi connectivity index (χ0v) is 24.7. The van der Waals surface area contributed by atoms with Gasteiger partial charge in [-0.3, -0.25) is 0 Å². The number of rotatable bonds is 2. The van der Waals surface area contributed by atoms with Gasteiger partial charge in [-0.05, 0) is 36.4 Å². The quantitative estimate of drug-likeness (QED) is 0.123. The Balaban J connectivity index is 0.000000142. The van der Waals surface area contributed by atoms with Gasteiger partial charge in [0.05, 0.1) is 5.56 Å². The average Bonchev–Trinajstić information content (AvgIpc) is 3.46. The van der Waals surface area contributed by atoms with Gasteiger partial charge in [0.2, 0.25) is 5.69 Å². The minimum Gasteiger partial charge on any atom is -0.207 e. The van der Waals surface area contributed by atoms with Crippen molar-refractivity contribution in [2.75, 3.05) is 0 Å². The SMILES string of the molecule is Fc1cc(F)c2c(c1)[C@@](S)([n+]1ccccc1)[n+]1ccccc1-2.Fc1cc(F)c2c(c1)[C@](S)([n+]1ccccc1)c1ccccc1-2. The van der Waals surface area contributed by atoms with Crippen molar-refractivity contribution in [3.63, 3.8) is 0 Å². The van der Waals surface area contributed by atoms with Crippen molar-refractivity contribution in [3.8, 4) is 22.4 Å². The smallest absolute Gasteiger partial charge is 0.207 e. The highest BCUT2D eigenvalue weighted by Gasteiger charge is 2.58. The van der Waals surface area contributed by atoms with E-state index in [-0.39, 0.29) is 0 Å². The molecule has 0 N–H and O–H groups in total. The highest BCUT2D eigenvalue weighted by atomic mass is 32.1. The van der Waals surface area contributed by atoms with Crippen molar-refractivity contribution < 1.29 is 31.3 Å². The summed E-state index contributed by atoms with van der Waals surface area (Å²) in [7, 11) is 0. The van der Waals surface area contributed by atoms with Gasteiger partial charge in [0.25, 0.3) is 4.87 Å². The van der Waals surface area contributed by atoms with Crippen LogP contribution in [0.15, 0.2) is 134 Å². The molecule has 0 fully saturated rings. The number of fused-ring (bicyclic) bond motifs is 6. The van der Waals surface area contributed by atoms with Crippen LogP contribution in [0.25, 0.3) is 22.4 Å². The molecule has 1 aliphatic carbocycles. The van der Waals surface area contributed by atoms with Gasteiger partial charge in [-0.1, -0.05) is 49.0 Å². The van der Waals surface area contributed by atoms with Crippen LogP contribution in [-0.4, -0.2) is 0 Å². The van der Waals surface area contributed by atoms with Crippen molar-refractivity contribution >= 4 is 25.3 Å². The van der Waals surface area contributed by atoms with E-state index < -0.39 is 33.1 Å². The molecule has 0 saturated heterocycles. The van der Waals surface area contributed by atoms with Crippen molar-refractivity contribution in [3.05, 3.63) is 174 Å². The Morgan fingerprint density at radius 2 is 1.05 bits per heavy atom. The molecule has 6 aromatic rings. The van der Waals surface area contributed by atoms with E-state index in [4.69, 9.17) is 25.3 Å². The van der Waals surface area contributed by atoms with Crippen LogP contribution in [0.5, 0.6) is 0 Å². The molecule has 3 aromatic heterocycles. The molecule has 0 spiro atoms. The standard InChI is InChI=1S/C18H11F2NS.C17H11F2N2S/c19-12-10-15-17(16(20)11-12)13-6-2-3-7-14(13)18(15,22)21-8-4-1-5-9-21;18-12-10-13-16(14(19)11-12)15-6-2-5-9-21(15)17(13,22)20-7-3-1-4-8-20/h2*1-11H/q;+1/p+2/t18-;17-/m01/s1. The van der Waals surface area contributed by atoms with Crippen LogP contribution in [0.3, 0.4) is 0 Å². The third kappa shape index (κ3) is 4.17. The maximum atomic E-state index is 14.4. The largest absolute Gasteiger partial charge is 0.436 e. The molecule has 2 atom stereocenters. The molecule has 216 valence electrons. The number of halogens is 4. The summed E-state index contributed by atoms with van der Waals surface area (Å²) < 4.78 is 62.0. The molecule has 2 aliphatic rings. The number of pyridine rings is 3. The molecule has 0 unspecified atom stereocenters. The summed E-state index contributed by atoms with van der Waals surface area (Å²) >= 11 is 9.67. The topological polar surface area (TPSA) is 11.6 Å². The van der Waals surface area contributed by atoms with Crippen molar-refractivity contribution in [1.29, 1.82) is 0 Å². The second-order valence-corrected chi connectivity index (χ2v) is 11.8. The monoisotopic (exact) mass is 626 g/mol. The van der Waals surface area contributed by atoms with Crippen LogP contribution in [0.2, 0.25) is 0 Å². The molecule has 0 amide bonds. The Labute approximate surface area is 262 Å². The lowest BCUT2D eigenvalue weighted by molar-refractivity contribution is -0.944. The second kappa shape index (κ2) is 10.6. The van der Waals surface area contributed by atoms with E-state index >= 15 is 0 Å². The Hall–Kier alpha value is -4.47. The van der Waals surface area contributed by atoms with E-state index in [2.05, 4.69) is 0 Å². The first-order valence-corrected chi connectivity index (χ1v) is 14.6. The van der Waals surface area contributed by atoms with Gasteiger partial charge in [-0.2, -0.15) is 4.57 Å². The summed E-state index contributed by atoms with van der Waals surface area (Å²) in [6.07, 6.45) is 9.17.